The Morgan fingerprint density at radius 3 is 2.54 bits per heavy atom. The molecule has 0 spiro atoms. The third-order valence-electron chi connectivity index (χ3n) is 5.22. The van der Waals surface area contributed by atoms with E-state index >= 15 is 0 Å². The summed E-state index contributed by atoms with van der Waals surface area (Å²) in [5.74, 6) is -0.361. The molecule has 0 saturated carbocycles. The van der Waals surface area contributed by atoms with Crippen LogP contribution in [0, 0.1) is 5.82 Å². The first-order valence-electron chi connectivity index (χ1n) is 9.38. The van der Waals surface area contributed by atoms with Crippen molar-refractivity contribution in [2.75, 3.05) is 41.3 Å². The van der Waals surface area contributed by atoms with E-state index in [1.54, 1.807) is 6.07 Å². The summed E-state index contributed by atoms with van der Waals surface area (Å²) in [5.41, 5.74) is 3.55. The maximum absolute atomic E-state index is 14.2. The molecule has 2 aromatic carbocycles. The van der Waals surface area contributed by atoms with Crippen LogP contribution in [0.5, 0.6) is 0 Å². The van der Waals surface area contributed by atoms with Gasteiger partial charge in [0.05, 0.1) is 12.2 Å². The maximum Gasteiger partial charge on any atom is 0.243 e. The number of carbonyl (C=O) groups excluding carboxylic acids is 1. The molecule has 2 aromatic rings. The highest BCUT2D eigenvalue weighted by atomic mass is 19.1. The zero-order chi connectivity index (χ0) is 17.9. The zero-order valence-corrected chi connectivity index (χ0v) is 14.9. The third kappa shape index (κ3) is 3.52. The first-order chi connectivity index (χ1) is 12.7. The molecule has 4 nitrogen and oxygen atoms in total. The number of carbonyl (C=O) groups is 1. The highest BCUT2D eigenvalue weighted by molar-refractivity contribution is 5.94. The van der Waals surface area contributed by atoms with Gasteiger partial charge in [-0.1, -0.05) is 12.1 Å². The van der Waals surface area contributed by atoms with Crippen LogP contribution in [0.1, 0.15) is 24.8 Å². The van der Waals surface area contributed by atoms with Crippen LogP contribution in [-0.4, -0.2) is 32.1 Å². The average Bonchev–Trinajstić information content (AvgIpc) is 3.17. The fourth-order valence-electron chi connectivity index (χ4n) is 3.95. The number of fused-ring (bicyclic) bond motifs is 1. The van der Waals surface area contributed by atoms with Gasteiger partial charge in [0.25, 0.3) is 0 Å². The lowest BCUT2D eigenvalue weighted by Crippen LogP contribution is -2.37. The van der Waals surface area contributed by atoms with Crippen molar-refractivity contribution in [2.45, 2.75) is 25.7 Å². The predicted molar refractivity (Wildman–Crippen MR) is 103 cm³/mol. The number of nitrogens with zero attached hydrogens (tertiary/aromatic N) is 2. The number of benzene rings is 2. The number of hydrogen-bond acceptors (Lipinski definition) is 3. The summed E-state index contributed by atoms with van der Waals surface area (Å²) >= 11 is 0. The van der Waals surface area contributed by atoms with E-state index in [-0.39, 0.29) is 18.3 Å². The molecule has 136 valence electrons. The van der Waals surface area contributed by atoms with Gasteiger partial charge in [-0.3, -0.25) is 4.79 Å². The number of rotatable bonds is 4. The fourth-order valence-corrected chi connectivity index (χ4v) is 3.95. The minimum atomic E-state index is -0.245. The van der Waals surface area contributed by atoms with Crippen LogP contribution in [0.2, 0.25) is 0 Å². The normalized spacial score (nSPS) is 16.5. The molecule has 2 heterocycles. The van der Waals surface area contributed by atoms with E-state index in [9.17, 15) is 9.18 Å². The molecule has 1 N–H and O–H groups in total. The van der Waals surface area contributed by atoms with E-state index < -0.39 is 0 Å². The molecule has 5 heteroatoms. The van der Waals surface area contributed by atoms with E-state index in [2.05, 4.69) is 22.3 Å². The Bertz CT molecular complexity index is 784. The van der Waals surface area contributed by atoms with Gasteiger partial charge in [-0.25, -0.2) is 4.39 Å². The monoisotopic (exact) mass is 353 g/mol. The van der Waals surface area contributed by atoms with Crippen LogP contribution < -0.4 is 15.1 Å². The number of anilines is 3. The van der Waals surface area contributed by atoms with Gasteiger partial charge in [0, 0.05) is 31.0 Å². The van der Waals surface area contributed by atoms with Crippen molar-refractivity contribution < 1.29 is 9.18 Å². The Morgan fingerprint density at radius 1 is 1.00 bits per heavy atom. The largest absolute Gasteiger partial charge is 0.372 e. The molecule has 2 aliphatic rings. The van der Waals surface area contributed by atoms with Crippen molar-refractivity contribution in [2.24, 2.45) is 0 Å². The molecular formula is C21H24FN3O. The molecule has 2 aliphatic heterocycles. The number of para-hydroxylation sites is 1. The molecule has 0 atom stereocenters. The molecular weight excluding hydrogens is 329 g/mol. The Kier molecular flexibility index (Phi) is 4.78. The van der Waals surface area contributed by atoms with Crippen molar-refractivity contribution in [1.29, 1.82) is 0 Å². The average molecular weight is 353 g/mol. The van der Waals surface area contributed by atoms with E-state index in [4.69, 9.17) is 0 Å². The molecule has 26 heavy (non-hydrogen) atoms. The molecule has 0 aromatic heterocycles. The summed E-state index contributed by atoms with van der Waals surface area (Å²) < 4.78 is 14.2. The van der Waals surface area contributed by atoms with E-state index in [1.165, 1.54) is 24.6 Å². The van der Waals surface area contributed by atoms with Crippen molar-refractivity contribution >= 4 is 23.0 Å². The lowest BCUT2D eigenvalue weighted by atomic mass is 10.0. The molecule has 0 bridgehead atoms. The zero-order valence-electron chi connectivity index (χ0n) is 14.9. The SMILES string of the molecule is O=C(CN1CCCc2cccc(F)c21)Nc1ccc(N2CCCC2)cc1. The first kappa shape index (κ1) is 16.9. The van der Waals surface area contributed by atoms with Gasteiger partial charge in [-0.2, -0.15) is 0 Å². The number of nitrogens with one attached hydrogen (secondary N) is 1. The molecule has 4 rings (SSSR count). The molecule has 0 unspecified atom stereocenters. The van der Waals surface area contributed by atoms with Crippen LogP contribution >= 0.6 is 0 Å². The smallest absolute Gasteiger partial charge is 0.243 e. The topological polar surface area (TPSA) is 35.6 Å². The lowest BCUT2D eigenvalue weighted by Gasteiger charge is -2.31. The molecule has 0 aliphatic carbocycles. The Labute approximate surface area is 153 Å². The van der Waals surface area contributed by atoms with Gasteiger partial charge in [0.15, 0.2) is 0 Å². The number of aryl methyl sites for hydroxylation is 1. The van der Waals surface area contributed by atoms with Crippen molar-refractivity contribution in [3.63, 3.8) is 0 Å². The van der Waals surface area contributed by atoms with Gasteiger partial charge in [0.1, 0.15) is 5.82 Å². The Morgan fingerprint density at radius 2 is 1.77 bits per heavy atom. The second-order valence-electron chi connectivity index (χ2n) is 7.06. The first-order valence-corrected chi connectivity index (χ1v) is 9.38. The van der Waals surface area contributed by atoms with Crippen molar-refractivity contribution in [3.05, 3.63) is 53.8 Å². The second kappa shape index (κ2) is 7.36. The molecule has 1 amide bonds. The standard InChI is InChI=1S/C21H24FN3O/c22-19-7-3-5-16-6-4-14-25(21(16)19)15-20(26)23-17-8-10-18(11-9-17)24-12-1-2-13-24/h3,5,7-11H,1-2,4,6,12-15H2,(H,23,26). The summed E-state index contributed by atoms with van der Waals surface area (Å²) in [5, 5.41) is 2.94. The molecule has 1 saturated heterocycles. The third-order valence-corrected chi connectivity index (χ3v) is 5.22. The summed E-state index contributed by atoms with van der Waals surface area (Å²) in [7, 11) is 0. The highest BCUT2D eigenvalue weighted by Gasteiger charge is 2.22. The van der Waals surface area contributed by atoms with Gasteiger partial charge in [0.2, 0.25) is 5.91 Å². The van der Waals surface area contributed by atoms with Gasteiger partial charge in [-0.05, 0) is 61.6 Å². The number of amides is 1. The Hall–Kier alpha value is -2.56. The minimum Gasteiger partial charge on any atom is -0.372 e. The molecule has 1 fully saturated rings. The quantitative estimate of drug-likeness (QED) is 0.908. The van der Waals surface area contributed by atoms with Gasteiger partial charge >= 0.3 is 0 Å². The second-order valence-corrected chi connectivity index (χ2v) is 7.06. The van der Waals surface area contributed by atoms with Crippen LogP contribution in [0.15, 0.2) is 42.5 Å². The summed E-state index contributed by atoms with van der Waals surface area (Å²) in [6.45, 7) is 3.08. The lowest BCUT2D eigenvalue weighted by molar-refractivity contribution is -0.115. The minimum absolute atomic E-state index is 0.116. The summed E-state index contributed by atoms with van der Waals surface area (Å²) in [6, 6.07) is 13.1. The number of halogens is 1. The summed E-state index contributed by atoms with van der Waals surface area (Å²) in [6.07, 6.45) is 4.29. The van der Waals surface area contributed by atoms with Crippen molar-refractivity contribution in [3.8, 4) is 0 Å². The van der Waals surface area contributed by atoms with Crippen LogP contribution in [0.4, 0.5) is 21.5 Å². The van der Waals surface area contributed by atoms with Crippen molar-refractivity contribution in [1.82, 2.24) is 0 Å². The highest BCUT2D eigenvalue weighted by Crippen LogP contribution is 2.29. The van der Waals surface area contributed by atoms with Gasteiger partial charge < -0.3 is 15.1 Å². The van der Waals surface area contributed by atoms with E-state index in [1.807, 2.05) is 23.1 Å². The fraction of sp³-hybridized carbons (Fsp3) is 0.381. The van der Waals surface area contributed by atoms with E-state index in [0.29, 0.717) is 12.2 Å². The maximum atomic E-state index is 14.2. The van der Waals surface area contributed by atoms with Crippen LogP contribution in [0.25, 0.3) is 0 Å². The van der Waals surface area contributed by atoms with E-state index in [0.717, 1.165) is 37.2 Å². The van der Waals surface area contributed by atoms with Crippen LogP contribution in [-0.2, 0) is 11.2 Å². The summed E-state index contributed by atoms with van der Waals surface area (Å²) in [4.78, 5) is 16.7. The van der Waals surface area contributed by atoms with Crippen LogP contribution in [0.3, 0.4) is 0 Å². The Balaban J connectivity index is 1.40. The predicted octanol–water partition coefficient (Wildman–Crippen LogP) is 3.82. The van der Waals surface area contributed by atoms with Gasteiger partial charge in [-0.15, -0.1) is 0 Å². The molecule has 0 radical (unpaired) electrons. The number of hydrogen-bond donors (Lipinski definition) is 1.